The topological polar surface area (TPSA) is 92.5 Å². The predicted molar refractivity (Wildman–Crippen MR) is 64.5 cm³/mol. The van der Waals surface area contributed by atoms with Gasteiger partial charge in [-0.3, -0.25) is 10.1 Å². The van der Waals surface area contributed by atoms with Crippen LogP contribution in [0.1, 0.15) is 28.8 Å². The van der Waals surface area contributed by atoms with Gasteiger partial charge in [0.05, 0.1) is 4.92 Å². The summed E-state index contributed by atoms with van der Waals surface area (Å²) in [6, 6.07) is 4.34. The van der Waals surface area contributed by atoms with E-state index >= 15 is 0 Å². The van der Waals surface area contributed by atoms with Crippen molar-refractivity contribution in [1.29, 1.82) is 0 Å². The maximum absolute atomic E-state index is 11.1. The van der Waals surface area contributed by atoms with E-state index in [1.54, 1.807) is 6.07 Å². The number of nitro benzene ring substituents is 1. The molecule has 0 heterocycles. The Balaban J connectivity index is 2.18. The van der Waals surface area contributed by atoms with E-state index in [-0.39, 0.29) is 11.3 Å². The van der Waals surface area contributed by atoms with E-state index in [2.05, 4.69) is 5.32 Å². The molecule has 0 saturated heterocycles. The first-order valence-electron chi connectivity index (χ1n) is 5.80. The second-order valence-electron chi connectivity index (χ2n) is 4.45. The molecular formula is C12H14N2O4. The monoisotopic (exact) mass is 250 g/mol. The van der Waals surface area contributed by atoms with Crippen LogP contribution in [-0.2, 0) is 6.54 Å². The number of carboxylic acid groups (broad SMARTS) is 1. The predicted octanol–water partition coefficient (Wildman–Crippen LogP) is 1.79. The molecule has 0 spiro atoms. The van der Waals surface area contributed by atoms with Gasteiger partial charge in [-0.25, -0.2) is 4.79 Å². The fraction of sp³-hybridized carbons (Fsp3) is 0.417. The summed E-state index contributed by atoms with van der Waals surface area (Å²) in [5.74, 6) is -0.581. The third-order valence-corrected chi connectivity index (χ3v) is 2.98. The highest BCUT2D eigenvalue weighted by atomic mass is 16.6. The highest BCUT2D eigenvalue weighted by molar-refractivity contribution is 5.94. The number of carboxylic acids is 1. The quantitative estimate of drug-likeness (QED) is 0.593. The molecule has 96 valence electrons. The van der Waals surface area contributed by atoms with Crippen LogP contribution in [0.2, 0.25) is 0 Å². The molecule has 1 aliphatic carbocycles. The van der Waals surface area contributed by atoms with Crippen LogP contribution in [0, 0.1) is 16.0 Å². The van der Waals surface area contributed by atoms with Crippen molar-refractivity contribution >= 4 is 11.7 Å². The Bertz CT molecular complexity index is 483. The van der Waals surface area contributed by atoms with Crippen molar-refractivity contribution in [2.75, 3.05) is 6.54 Å². The number of hydrogen-bond acceptors (Lipinski definition) is 4. The van der Waals surface area contributed by atoms with Crippen LogP contribution in [0.25, 0.3) is 0 Å². The van der Waals surface area contributed by atoms with Crippen molar-refractivity contribution < 1.29 is 14.8 Å². The van der Waals surface area contributed by atoms with Crippen LogP contribution >= 0.6 is 0 Å². The van der Waals surface area contributed by atoms with E-state index in [9.17, 15) is 14.9 Å². The number of benzene rings is 1. The lowest BCUT2D eigenvalue weighted by molar-refractivity contribution is -0.385. The highest BCUT2D eigenvalue weighted by Crippen LogP contribution is 2.28. The normalized spacial score (nSPS) is 14.4. The Morgan fingerprint density at radius 3 is 2.78 bits per heavy atom. The molecule has 1 saturated carbocycles. The number of nitrogens with zero attached hydrogens (tertiary/aromatic N) is 1. The Hall–Kier alpha value is -1.95. The van der Waals surface area contributed by atoms with Crippen molar-refractivity contribution in [2.24, 2.45) is 5.92 Å². The van der Waals surface area contributed by atoms with Crippen molar-refractivity contribution in [3.63, 3.8) is 0 Å². The van der Waals surface area contributed by atoms with E-state index < -0.39 is 10.9 Å². The zero-order chi connectivity index (χ0) is 13.1. The van der Waals surface area contributed by atoms with E-state index in [4.69, 9.17) is 5.11 Å². The third-order valence-electron chi connectivity index (χ3n) is 2.98. The molecule has 1 fully saturated rings. The van der Waals surface area contributed by atoms with Gasteiger partial charge < -0.3 is 10.4 Å². The number of hydrogen-bond donors (Lipinski definition) is 2. The molecular weight excluding hydrogens is 236 g/mol. The Morgan fingerprint density at radius 2 is 2.22 bits per heavy atom. The maximum atomic E-state index is 11.1. The van der Waals surface area contributed by atoms with Crippen LogP contribution < -0.4 is 5.32 Å². The fourth-order valence-electron chi connectivity index (χ4n) is 1.87. The molecule has 1 aromatic rings. The molecule has 1 aromatic carbocycles. The van der Waals surface area contributed by atoms with Crippen LogP contribution in [0.15, 0.2) is 18.2 Å². The van der Waals surface area contributed by atoms with Gasteiger partial charge in [-0.15, -0.1) is 0 Å². The zero-order valence-corrected chi connectivity index (χ0v) is 9.76. The summed E-state index contributed by atoms with van der Waals surface area (Å²) in [6.07, 6.45) is 2.40. The van der Waals surface area contributed by atoms with Gasteiger partial charge in [-0.1, -0.05) is 12.1 Å². The Kier molecular flexibility index (Phi) is 3.57. The number of nitrogens with one attached hydrogen (secondary N) is 1. The first-order valence-corrected chi connectivity index (χ1v) is 5.80. The average Bonchev–Trinajstić information content (AvgIpc) is 3.12. The van der Waals surface area contributed by atoms with Crippen molar-refractivity contribution in [3.8, 4) is 0 Å². The molecule has 6 nitrogen and oxygen atoms in total. The second kappa shape index (κ2) is 5.14. The average molecular weight is 250 g/mol. The van der Waals surface area contributed by atoms with Crippen LogP contribution in [0.3, 0.4) is 0 Å². The molecule has 0 atom stereocenters. The van der Waals surface area contributed by atoms with Gasteiger partial charge in [0.15, 0.2) is 0 Å². The molecule has 0 radical (unpaired) electrons. The lowest BCUT2D eigenvalue weighted by Crippen LogP contribution is -2.19. The number of rotatable bonds is 6. The van der Waals surface area contributed by atoms with Gasteiger partial charge in [-0.2, -0.15) is 0 Å². The molecule has 6 heteroatoms. The number of nitro groups is 1. The van der Waals surface area contributed by atoms with E-state index in [0.29, 0.717) is 18.0 Å². The number of aromatic carboxylic acids is 1. The minimum absolute atomic E-state index is 0.217. The Labute approximate surface area is 104 Å². The van der Waals surface area contributed by atoms with E-state index in [0.717, 1.165) is 6.54 Å². The van der Waals surface area contributed by atoms with E-state index in [1.807, 2.05) is 0 Å². The van der Waals surface area contributed by atoms with Crippen molar-refractivity contribution in [1.82, 2.24) is 5.32 Å². The summed E-state index contributed by atoms with van der Waals surface area (Å²) in [4.78, 5) is 21.3. The minimum atomic E-state index is -1.26. The van der Waals surface area contributed by atoms with Crippen molar-refractivity contribution in [3.05, 3.63) is 39.4 Å². The molecule has 2 rings (SSSR count). The smallest absolute Gasteiger partial charge is 0.343 e. The SMILES string of the molecule is O=C(O)c1c(CNCC2CC2)cccc1[N+](=O)[O-]. The molecule has 18 heavy (non-hydrogen) atoms. The van der Waals surface area contributed by atoms with Crippen LogP contribution in [-0.4, -0.2) is 22.5 Å². The maximum Gasteiger partial charge on any atom is 0.343 e. The van der Waals surface area contributed by atoms with Gasteiger partial charge in [0, 0.05) is 12.6 Å². The summed E-state index contributed by atoms with van der Waals surface area (Å²) in [7, 11) is 0. The van der Waals surface area contributed by atoms with Gasteiger partial charge in [0.2, 0.25) is 0 Å². The van der Waals surface area contributed by atoms with Gasteiger partial charge in [-0.05, 0) is 30.9 Å². The minimum Gasteiger partial charge on any atom is -0.477 e. The summed E-state index contributed by atoms with van der Waals surface area (Å²) in [5.41, 5.74) is -0.114. The van der Waals surface area contributed by atoms with Crippen LogP contribution in [0.4, 0.5) is 5.69 Å². The standard InChI is InChI=1S/C12H14N2O4/c15-12(16)11-9(7-13-6-8-4-5-8)2-1-3-10(11)14(17)18/h1-3,8,13H,4-7H2,(H,15,16). The molecule has 0 aliphatic heterocycles. The van der Waals surface area contributed by atoms with Crippen LogP contribution in [0.5, 0.6) is 0 Å². The third kappa shape index (κ3) is 2.84. The zero-order valence-electron chi connectivity index (χ0n) is 9.76. The van der Waals surface area contributed by atoms with Crippen molar-refractivity contribution in [2.45, 2.75) is 19.4 Å². The molecule has 2 N–H and O–H groups in total. The molecule has 1 aliphatic rings. The highest BCUT2D eigenvalue weighted by Gasteiger charge is 2.24. The summed E-state index contributed by atoms with van der Waals surface area (Å²) in [6.45, 7) is 1.18. The summed E-state index contributed by atoms with van der Waals surface area (Å²) >= 11 is 0. The van der Waals surface area contributed by atoms with E-state index in [1.165, 1.54) is 25.0 Å². The molecule has 0 bridgehead atoms. The number of carbonyl (C=O) groups is 1. The largest absolute Gasteiger partial charge is 0.477 e. The fourth-order valence-corrected chi connectivity index (χ4v) is 1.87. The first kappa shape index (κ1) is 12.5. The summed E-state index contributed by atoms with van der Waals surface area (Å²) < 4.78 is 0. The lowest BCUT2D eigenvalue weighted by atomic mass is 10.1. The molecule has 0 aromatic heterocycles. The molecule has 0 amide bonds. The van der Waals surface area contributed by atoms with Gasteiger partial charge in [0.25, 0.3) is 5.69 Å². The second-order valence-corrected chi connectivity index (χ2v) is 4.45. The first-order chi connectivity index (χ1) is 8.59. The lowest BCUT2D eigenvalue weighted by Gasteiger charge is -2.07. The Morgan fingerprint density at radius 1 is 1.50 bits per heavy atom. The molecule has 0 unspecified atom stereocenters. The van der Waals surface area contributed by atoms with Gasteiger partial charge >= 0.3 is 5.97 Å². The van der Waals surface area contributed by atoms with Gasteiger partial charge in [0.1, 0.15) is 5.56 Å². The summed E-state index contributed by atoms with van der Waals surface area (Å²) in [5, 5.41) is 23.0.